The molecule has 1 atom stereocenters. The van der Waals surface area contributed by atoms with Crippen LogP contribution in [-0.2, 0) is 0 Å². The molecule has 0 saturated carbocycles. The number of thiophene rings is 1. The number of hydrogen-bond donors (Lipinski definition) is 2. The molecule has 2 rings (SSSR count). The van der Waals surface area contributed by atoms with Gasteiger partial charge in [0, 0.05) is 17.5 Å². The largest absolute Gasteiger partial charge is 0.388 e. The highest BCUT2D eigenvalue weighted by atomic mass is 32.1. The van der Waals surface area contributed by atoms with Crippen LogP contribution in [0, 0.1) is 0 Å². The third-order valence-corrected chi connectivity index (χ3v) is 4.74. The predicted octanol–water partition coefficient (Wildman–Crippen LogP) is 1.86. The average molecular weight is 254 g/mol. The Hall–Kier alpha value is -0.420. The molecule has 96 valence electrons. The van der Waals surface area contributed by atoms with Crippen LogP contribution in [0.4, 0.5) is 0 Å². The van der Waals surface area contributed by atoms with E-state index in [2.05, 4.69) is 41.7 Å². The van der Waals surface area contributed by atoms with E-state index in [-0.39, 0.29) is 0 Å². The van der Waals surface area contributed by atoms with Crippen molar-refractivity contribution in [1.29, 1.82) is 0 Å². The van der Waals surface area contributed by atoms with Gasteiger partial charge in [-0.2, -0.15) is 0 Å². The summed E-state index contributed by atoms with van der Waals surface area (Å²) >= 11 is 1.78. The van der Waals surface area contributed by atoms with E-state index in [0.29, 0.717) is 6.04 Å². The lowest BCUT2D eigenvalue weighted by molar-refractivity contribution is -0.0225. The third-order valence-electron chi connectivity index (χ3n) is 3.69. The van der Waals surface area contributed by atoms with Crippen molar-refractivity contribution in [2.45, 2.75) is 31.4 Å². The van der Waals surface area contributed by atoms with Crippen molar-refractivity contribution in [3.05, 3.63) is 22.4 Å². The van der Waals surface area contributed by atoms with Crippen molar-refractivity contribution in [3.63, 3.8) is 0 Å². The third kappa shape index (κ3) is 3.28. The van der Waals surface area contributed by atoms with Crippen LogP contribution in [-0.4, -0.2) is 42.3 Å². The van der Waals surface area contributed by atoms with E-state index >= 15 is 0 Å². The Kier molecular flexibility index (Phi) is 4.20. The molecule has 0 aromatic carbocycles. The van der Waals surface area contributed by atoms with Crippen molar-refractivity contribution < 1.29 is 5.11 Å². The van der Waals surface area contributed by atoms with Crippen LogP contribution < -0.4 is 5.32 Å². The highest BCUT2D eigenvalue weighted by Gasteiger charge is 2.31. The summed E-state index contributed by atoms with van der Waals surface area (Å²) in [6.45, 7) is 4.82. The summed E-state index contributed by atoms with van der Waals surface area (Å²) in [6.07, 6.45) is 1.71. The summed E-state index contributed by atoms with van der Waals surface area (Å²) in [4.78, 5) is 3.63. The van der Waals surface area contributed by atoms with Crippen LogP contribution in [0.1, 0.15) is 30.7 Å². The summed E-state index contributed by atoms with van der Waals surface area (Å²) < 4.78 is 0. The molecule has 4 heteroatoms. The maximum atomic E-state index is 10.5. The van der Waals surface area contributed by atoms with Crippen molar-refractivity contribution in [1.82, 2.24) is 10.2 Å². The molecule has 1 aromatic heterocycles. The summed E-state index contributed by atoms with van der Waals surface area (Å²) in [7, 11) is 2.10. The molecule has 1 aliphatic heterocycles. The van der Waals surface area contributed by atoms with Crippen LogP contribution in [0.3, 0.4) is 0 Å². The highest BCUT2D eigenvalue weighted by molar-refractivity contribution is 7.10. The molecule has 0 bridgehead atoms. The second kappa shape index (κ2) is 5.48. The van der Waals surface area contributed by atoms with E-state index in [9.17, 15) is 5.11 Å². The van der Waals surface area contributed by atoms with Crippen LogP contribution in [0.2, 0.25) is 0 Å². The Labute approximate surface area is 107 Å². The number of nitrogens with one attached hydrogen (secondary N) is 1. The van der Waals surface area contributed by atoms with Gasteiger partial charge in [-0.25, -0.2) is 0 Å². The first-order valence-corrected chi connectivity index (χ1v) is 7.15. The molecule has 1 unspecified atom stereocenters. The highest BCUT2D eigenvalue weighted by Crippen LogP contribution is 2.27. The molecule has 0 spiro atoms. The molecule has 17 heavy (non-hydrogen) atoms. The summed E-state index contributed by atoms with van der Waals surface area (Å²) in [6, 6.07) is 4.64. The summed E-state index contributed by atoms with van der Waals surface area (Å²) in [5.41, 5.74) is -0.508. The number of rotatable bonds is 4. The number of likely N-dealkylation sites (N-methyl/N-ethyl adjacent to an activating group) is 1. The molecule has 1 aliphatic rings. The minimum Gasteiger partial charge on any atom is -0.388 e. The number of piperidine rings is 1. The molecule has 0 aliphatic carbocycles. The Balaban J connectivity index is 1.93. The summed E-state index contributed by atoms with van der Waals surface area (Å²) in [5.74, 6) is 0. The minimum absolute atomic E-state index is 0.383. The quantitative estimate of drug-likeness (QED) is 0.861. The lowest BCUT2D eigenvalue weighted by atomic mass is 9.91. The van der Waals surface area contributed by atoms with Crippen LogP contribution in [0.25, 0.3) is 0 Å². The predicted molar refractivity (Wildman–Crippen MR) is 72.4 cm³/mol. The molecule has 1 aromatic rings. The van der Waals surface area contributed by atoms with Crippen LogP contribution >= 0.6 is 11.3 Å². The molecular weight excluding hydrogens is 232 g/mol. The van der Waals surface area contributed by atoms with Crippen molar-refractivity contribution in [3.8, 4) is 0 Å². The van der Waals surface area contributed by atoms with Crippen LogP contribution in [0.5, 0.6) is 0 Å². The fourth-order valence-corrected chi connectivity index (χ4v) is 3.25. The second-order valence-corrected chi connectivity index (χ2v) is 6.06. The molecule has 0 radical (unpaired) electrons. The number of aliphatic hydroxyl groups is 1. The Morgan fingerprint density at radius 3 is 2.82 bits per heavy atom. The maximum Gasteiger partial charge on any atom is 0.0798 e. The van der Waals surface area contributed by atoms with E-state index in [1.54, 1.807) is 11.3 Å². The van der Waals surface area contributed by atoms with E-state index < -0.39 is 5.60 Å². The van der Waals surface area contributed by atoms with E-state index in [1.165, 1.54) is 4.88 Å². The molecular formula is C13H22N2OS. The molecule has 1 fully saturated rings. The zero-order chi connectivity index (χ0) is 12.3. The van der Waals surface area contributed by atoms with E-state index in [1.807, 2.05) is 0 Å². The van der Waals surface area contributed by atoms with Gasteiger partial charge in [-0.15, -0.1) is 11.3 Å². The first kappa shape index (κ1) is 13.0. The van der Waals surface area contributed by atoms with Gasteiger partial charge in [0.05, 0.1) is 5.60 Å². The lowest BCUT2D eigenvalue weighted by Crippen LogP contribution is -2.49. The van der Waals surface area contributed by atoms with E-state index in [4.69, 9.17) is 0 Å². The van der Waals surface area contributed by atoms with Crippen molar-refractivity contribution >= 4 is 11.3 Å². The Morgan fingerprint density at radius 2 is 2.24 bits per heavy atom. The minimum atomic E-state index is -0.508. The van der Waals surface area contributed by atoms with Gasteiger partial charge < -0.3 is 10.4 Å². The van der Waals surface area contributed by atoms with Gasteiger partial charge in [0.2, 0.25) is 0 Å². The Bertz CT molecular complexity index is 333. The molecule has 3 nitrogen and oxygen atoms in total. The van der Waals surface area contributed by atoms with Gasteiger partial charge in [0.15, 0.2) is 0 Å². The molecule has 2 heterocycles. The zero-order valence-corrected chi connectivity index (χ0v) is 11.5. The van der Waals surface area contributed by atoms with Crippen molar-refractivity contribution in [2.75, 3.05) is 26.7 Å². The smallest absolute Gasteiger partial charge is 0.0798 e. The van der Waals surface area contributed by atoms with Gasteiger partial charge in [0.25, 0.3) is 0 Å². The lowest BCUT2D eigenvalue weighted by Gasteiger charge is -2.37. The van der Waals surface area contributed by atoms with Gasteiger partial charge in [-0.3, -0.25) is 4.90 Å². The van der Waals surface area contributed by atoms with Gasteiger partial charge in [-0.05, 0) is 51.3 Å². The first-order valence-electron chi connectivity index (χ1n) is 6.27. The fraction of sp³-hybridized carbons (Fsp3) is 0.692. The van der Waals surface area contributed by atoms with Crippen molar-refractivity contribution in [2.24, 2.45) is 0 Å². The van der Waals surface area contributed by atoms with Gasteiger partial charge >= 0.3 is 0 Å². The molecule has 2 N–H and O–H groups in total. The van der Waals surface area contributed by atoms with Gasteiger partial charge in [0.1, 0.15) is 0 Å². The second-order valence-electron chi connectivity index (χ2n) is 5.08. The number of hydrogen-bond acceptors (Lipinski definition) is 4. The number of nitrogens with zero attached hydrogens (tertiary/aromatic N) is 1. The van der Waals surface area contributed by atoms with Crippen LogP contribution in [0.15, 0.2) is 17.5 Å². The molecule has 1 saturated heterocycles. The molecule has 0 amide bonds. The monoisotopic (exact) mass is 254 g/mol. The standard InChI is InChI=1S/C13H22N2OS/c1-11(12-4-3-9-17-12)15(2)10-13(16)5-7-14-8-6-13/h3-4,9,11,14,16H,5-8,10H2,1-2H3. The van der Waals surface area contributed by atoms with E-state index in [0.717, 1.165) is 32.5 Å². The fourth-order valence-electron chi connectivity index (χ4n) is 2.40. The zero-order valence-electron chi connectivity index (χ0n) is 10.6. The Morgan fingerprint density at radius 1 is 1.53 bits per heavy atom. The van der Waals surface area contributed by atoms with Gasteiger partial charge in [-0.1, -0.05) is 6.07 Å². The first-order chi connectivity index (χ1) is 8.11. The normalized spacial score (nSPS) is 21.6. The maximum absolute atomic E-state index is 10.5. The average Bonchev–Trinajstić information content (AvgIpc) is 2.81. The topological polar surface area (TPSA) is 35.5 Å². The SMILES string of the molecule is CC(c1cccs1)N(C)CC1(O)CCNCC1. The summed E-state index contributed by atoms with van der Waals surface area (Å²) in [5, 5.41) is 15.9.